The van der Waals surface area contributed by atoms with Crippen molar-refractivity contribution in [1.82, 2.24) is 25.3 Å². The number of allylic oxidation sites excluding steroid dienone is 1. The molecule has 1 aromatic carbocycles. The van der Waals surface area contributed by atoms with Gasteiger partial charge in [-0.05, 0) is 64.5 Å². The highest BCUT2D eigenvalue weighted by atomic mass is 32.3. The molecule has 2 saturated carbocycles. The molecule has 4 atom stereocenters. The quantitative estimate of drug-likeness (QED) is 0.136. The van der Waals surface area contributed by atoms with Crippen LogP contribution in [0.3, 0.4) is 0 Å². The first kappa shape index (κ1) is 36.0. The number of fused-ring (bicyclic) bond motifs is 2. The number of thiazole rings is 1. The van der Waals surface area contributed by atoms with Crippen molar-refractivity contribution in [2.75, 3.05) is 19.0 Å². The van der Waals surface area contributed by atoms with Crippen molar-refractivity contribution >= 4 is 50.0 Å². The number of nitrogens with one attached hydrogen (secondary N) is 4. The highest BCUT2D eigenvalue weighted by molar-refractivity contribution is 8.24. The molecule has 2 aromatic heterocycles. The van der Waals surface area contributed by atoms with Crippen LogP contribution in [0.5, 0.6) is 11.5 Å². The average molecular weight is 739 g/mol. The Bertz CT molecular complexity index is 1790. The largest absolute Gasteiger partial charge is 0.497 e. The summed E-state index contributed by atoms with van der Waals surface area (Å²) in [6, 6.07) is 7.20. The van der Waals surface area contributed by atoms with E-state index in [9.17, 15) is 18.7 Å². The zero-order valence-electron chi connectivity index (χ0n) is 29.6. The molecule has 2 amide bonds. The van der Waals surface area contributed by atoms with Crippen molar-refractivity contribution < 1.29 is 28.2 Å². The zero-order chi connectivity index (χ0) is 35.8. The Morgan fingerprint density at radius 1 is 1.08 bits per heavy atom. The highest BCUT2D eigenvalue weighted by Gasteiger charge is 2.63. The minimum Gasteiger partial charge on any atom is -0.497 e. The Kier molecular flexibility index (Phi) is 10.2. The fourth-order valence-electron chi connectivity index (χ4n) is 7.34. The smallest absolute Gasteiger partial charge is 0.264 e. The number of methoxy groups -OCH3 is 1. The number of nitrogens with zero attached hydrogens (tertiary/aromatic N) is 2. The van der Waals surface area contributed by atoms with Gasteiger partial charge in [0.2, 0.25) is 5.91 Å². The van der Waals surface area contributed by atoms with E-state index < -0.39 is 33.0 Å². The molecule has 0 bridgehead atoms. The Labute approximate surface area is 305 Å². The van der Waals surface area contributed by atoms with Gasteiger partial charge in [-0.25, -0.2) is 9.97 Å². The van der Waals surface area contributed by atoms with E-state index in [0.717, 1.165) is 54.7 Å². The molecule has 1 saturated heterocycles. The number of amides is 2. The molecule has 2 aliphatic carbocycles. The van der Waals surface area contributed by atoms with Crippen molar-refractivity contribution in [1.29, 1.82) is 0 Å². The summed E-state index contributed by atoms with van der Waals surface area (Å²) in [5.41, 5.74) is 0.878. The van der Waals surface area contributed by atoms with E-state index in [1.807, 2.05) is 35.7 Å². The topological polar surface area (TPSA) is 167 Å². The van der Waals surface area contributed by atoms with Gasteiger partial charge in [0.05, 0.1) is 29.1 Å². The SMILES string of the molecule is COc1ccc2c(O[C@H]3CN[C@H](C(=O)N[C@]45C[C@H]4/C=C/CCCCCCCC4(CC4)S(O)(O)NC5=O)C3)cc(-c3csc(NC(C)C)n3)nc2c1. The van der Waals surface area contributed by atoms with E-state index in [2.05, 4.69) is 40.6 Å². The standard InChI is InChI=1S/C37H50N6O6S2/c1-23(2)39-35-41-31(22-50-35)29-19-32(27-13-12-25(48-3)17-28(27)40-29)49-26-18-30(38-21-26)33(44)42-37-20-24(37)11-9-7-5-4-6-8-10-14-36(15-16-36)51(46,47)43-34(37)45/h9,11-13,17,19,22-24,26,30,38,46-47H,4-8,10,14-16,18,20-21H2,1-3H3,(H,39,41)(H,42,44)(H,43,45)/b11-9+/t24-,26-,30+,37-/m1/s1. The first-order valence-electron chi connectivity index (χ1n) is 18.2. The van der Waals surface area contributed by atoms with Crippen LogP contribution < -0.4 is 30.1 Å². The molecule has 1 spiro atoms. The summed E-state index contributed by atoms with van der Waals surface area (Å²) in [6.07, 6.45) is 12.8. The molecular weight excluding hydrogens is 689 g/mol. The molecule has 51 heavy (non-hydrogen) atoms. The number of hydrogen-bond donors (Lipinski definition) is 6. The van der Waals surface area contributed by atoms with Gasteiger partial charge in [-0.15, -0.1) is 22.1 Å². The minimum absolute atomic E-state index is 0.217. The molecule has 14 heteroatoms. The summed E-state index contributed by atoms with van der Waals surface area (Å²) in [6.45, 7) is 4.56. The van der Waals surface area contributed by atoms with Crippen LogP contribution >= 0.6 is 22.1 Å². The van der Waals surface area contributed by atoms with Gasteiger partial charge in [0, 0.05) is 47.8 Å². The van der Waals surface area contributed by atoms with Crippen LogP contribution in [0.4, 0.5) is 5.13 Å². The minimum atomic E-state index is -3.38. The van der Waals surface area contributed by atoms with Crippen LogP contribution in [-0.2, 0) is 9.59 Å². The van der Waals surface area contributed by atoms with Gasteiger partial charge in [0.15, 0.2) is 5.13 Å². The lowest BCUT2D eigenvalue weighted by Crippen LogP contribution is -2.55. The molecule has 3 fully saturated rings. The molecule has 7 rings (SSSR count). The molecular formula is C37H50N6O6S2. The number of anilines is 1. The van der Waals surface area contributed by atoms with Crippen LogP contribution in [0.2, 0.25) is 0 Å². The van der Waals surface area contributed by atoms with Crippen molar-refractivity contribution in [3.63, 3.8) is 0 Å². The van der Waals surface area contributed by atoms with Crippen LogP contribution in [0.15, 0.2) is 41.8 Å². The number of ether oxygens (including phenoxy) is 2. The second-order valence-electron chi connectivity index (χ2n) is 14.8. The van der Waals surface area contributed by atoms with Gasteiger partial charge >= 0.3 is 0 Å². The van der Waals surface area contributed by atoms with Gasteiger partial charge in [-0.2, -0.15) is 0 Å². The van der Waals surface area contributed by atoms with Crippen LogP contribution in [0.1, 0.15) is 84.5 Å². The Hall–Kier alpha value is -3.43. The second kappa shape index (κ2) is 14.5. The third kappa shape index (κ3) is 7.71. The first-order chi connectivity index (χ1) is 24.5. The number of benzene rings is 1. The van der Waals surface area contributed by atoms with Crippen LogP contribution in [0, 0.1) is 5.92 Å². The fourth-order valence-corrected chi connectivity index (χ4v) is 9.95. The molecule has 2 aliphatic heterocycles. The molecule has 12 nitrogen and oxygen atoms in total. The molecule has 3 aromatic rings. The summed E-state index contributed by atoms with van der Waals surface area (Å²) >= 11 is 1.52. The van der Waals surface area contributed by atoms with E-state index in [1.54, 1.807) is 7.11 Å². The molecule has 4 heterocycles. The lowest BCUT2D eigenvalue weighted by atomic mass is 10.1. The summed E-state index contributed by atoms with van der Waals surface area (Å²) < 4.78 is 36.5. The second-order valence-corrected chi connectivity index (χ2v) is 17.9. The predicted octanol–water partition coefficient (Wildman–Crippen LogP) is 6.79. The first-order valence-corrected chi connectivity index (χ1v) is 20.6. The number of aromatic nitrogens is 2. The molecule has 0 unspecified atom stereocenters. The van der Waals surface area contributed by atoms with Gasteiger partial charge in [0.25, 0.3) is 5.91 Å². The Balaban J connectivity index is 1.07. The highest BCUT2D eigenvalue weighted by Crippen LogP contribution is 2.66. The number of pyridine rings is 1. The summed E-state index contributed by atoms with van der Waals surface area (Å²) in [7, 11) is -1.76. The van der Waals surface area contributed by atoms with E-state index >= 15 is 0 Å². The van der Waals surface area contributed by atoms with Crippen LogP contribution in [-0.4, -0.2) is 73.0 Å². The fraction of sp³-hybridized carbons (Fsp3) is 0.568. The predicted molar refractivity (Wildman–Crippen MR) is 202 cm³/mol. The van der Waals surface area contributed by atoms with Crippen molar-refractivity contribution in [2.45, 2.75) is 113 Å². The molecule has 0 radical (unpaired) electrons. The van der Waals surface area contributed by atoms with E-state index in [1.165, 1.54) is 11.3 Å². The van der Waals surface area contributed by atoms with Crippen LogP contribution in [0.25, 0.3) is 22.3 Å². The average Bonchev–Trinajstić information content (AvgIpc) is 3.91. The lowest BCUT2D eigenvalue weighted by Gasteiger charge is -2.42. The number of rotatable bonds is 8. The Morgan fingerprint density at radius 3 is 2.67 bits per heavy atom. The molecule has 4 aliphatic rings. The van der Waals surface area contributed by atoms with Crippen molar-refractivity contribution in [3.8, 4) is 22.9 Å². The monoisotopic (exact) mass is 738 g/mol. The summed E-state index contributed by atoms with van der Waals surface area (Å²) in [4.78, 5) is 37.3. The van der Waals surface area contributed by atoms with Gasteiger partial charge < -0.3 is 25.4 Å². The maximum Gasteiger partial charge on any atom is 0.264 e. The number of carbonyl (C=O) groups is 2. The van der Waals surface area contributed by atoms with Crippen molar-refractivity contribution in [2.24, 2.45) is 5.92 Å². The maximum atomic E-state index is 13.8. The van der Waals surface area contributed by atoms with Crippen molar-refractivity contribution in [3.05, 3.63) is 41.8 Å². The number of hydrogen-bond acceptors (Lipinski definition) is 11. The van der Waals surface area contributed by atoms with Gasteiger partial charge in [-0.1, -0.05) is 37.8 Å². The lowest BCUT2D eigenvalue weighted by molar-refractivity contribution is -0.130. The molecule has 6 N–H and O–H groups in total. The van der Waals surface area contributed by atoms with E-state index in [4.69, 9.17) is 19.4 Å². The maximum absolute atomic E-state index is 13.8. The third-order valence-corrected chi connectivity index (χ3v) is 13.7. The molecule has 276 valence electrons. The number of carbonyl (C=O) groups excluding carboxylic acids is 2. The summed E-state index contributed by atoms with van der Waals surface area (Å²) in [5, 5.41) is 13.3. The van der Waals surface area contributed by atoms with E-state index in [0.29, 0.717) is 61.4 Å². The zero-order valence-corrected chi connectivity index (χ0v) is 31.2. The third-order valence-electron chi connectivity index (χ3n) is 10.6. The van der Waals surface area contributed by atoms with Gasteiger partial charge in [0.1, 0.15) is 28.8 Å². The normalized spacial score (nSPS) is 28.5. The van der Waals surface area contributed by atoms with Gasteiger partial charge in [-0.3, -0.25) is 23.4 Å². The van der Waals surface area contributed by atoms with E-state index in [-0.39, 0.29) is 24.0 Å². The Morgan fingerprint density at radius 2 is 1.88 bits per heavy atom. The summed E-state index contributed by atoms with van der Waals surface area (Å²) in [5.74, 6) is 0.267.